The highest BCUT2D eigenvalue weighted by Crippen LogP contribution is 2.42. The zero-order valence-corrected chi connectivity index (χ0v) is 26.1. The molecule has 9 nitrogen and oxygen atoms in total. The first kappa shape index (κ1) is 30.0. The summed E-state index contributed by atoms with van der Waals surface area (Å²) in [5, 5.41) is 3.63. The summed E-state index contributed by atoms with van der Waals surface area (Å²) in [6.07, 6.45) is 5.43. The fourth-order valence-electron chi connectivity index (χ4n) is 6.02. The number of benzene rings is 2. The third-order valence-corrected chi connectivity index (χ3v) is 8.97. The van der Waals surface area contributed by atoms with Gasteiger partial charge in [-0.25, -0.2) is 19.2 Å². The minimum Gasteiger partial charge on any atom is -0.488 e. The molecule has 0 unspecified atom stereocenters. The van der Waals surface area contributed by atoms with Gasteiger partial charge in [0.25, 0.3) is 0 Å². The molecule has 3 aliphatic heterocycles. The van der Waals surface area contributed by atoms with Crippen LogP contribution >= 0.6 is 23.2 Å². The van der Waals surface area contributed by atoms with Gasteiger partial charge in [0.1, 0.15) is 30.5 Å². The Hall–Kier alpha value is -3.08. The third-order valence-electron chi connectivity index (χ3n) is 8.19. The van der Waals surface area contributed by atoms with Gasteiger partial charge in [0, 0.05) is 42.9 Å². The molecule has 0 radical (unpaired) electrons. The first-order valence-corrected chi connectivity index (χ1v) is 15.5. The normalized spacial score (nSPS) is 21.9. The molecule has 0 spiro atoms. The van der Waals surface area contributed by atoms with Crippen molar-refractivity contribution < 1.29 is 23.4 Å². The number of fused-ring (bicyclic) bond motifs is 3. The molecule has 1 amide bonds. The summed E-state index contributed by atoms with van der Waals surface area (Å²) in [6, 6.07) is 6.81. The largest absolute Gasteiger partial charge is 0.488 e. The average molecular weight is 633 g/mol. The van der Waals surface area contributed by atoms with E-state index in [1.165, 1.54) is 24.9 Å². The summed E-state index contributed by atoms with van der Waals surface area (Å²) in [7, 11) is 0. The molecule has 230 valence electrons. The molecule has 3 fully saturated rings. The Labute approximate surface area is 260 Å². The number of nitrogens with zero attached hydrogens (tertiary/aromatic N) is 4. The van der Waals surface area contributed by atoms with E-state index in [0.29, 0.717) is 47.7 Å². The monoisotopic (exact) mass is 631 g/mol. The number of hydrogen-bond acceptors (Lipinski definition) is 8. The maximum Gasteiger partial charge on any atom is 0.410 e. The standard InChI is InChI=1S/C31H36Cl2FN5O4/c1-31(2,3)43-30(40)39-18-5-6-19(39)14-20(13-18)42-26-15-21-24(16-25(26)41-12-11-38-9-4-10-38)35-17-36-29(21)37-23-8-7-22(32)27(33)28(23)34/h7-8,15-20H,4-6,9-14H2,1-3H3,(H,35,36,37)/t18-,19+,20-. The van der Waals surface area contributed by atoms with Gasteiger partial charge in [-0.15, -0.1) is 0 Å². The van der Waals surface area contributed by atoms with Crippen molar-refractivity contribution in [3.63, 3.8) is 0 Å². The molecule has 3 saturated heterocycles. The number of rotatable bonds is 8. The number of ether oxygens (including phenoxy) is 3. The maximum absolute atomic E-state index is 14.9. The van der Waals surface area contributed by atoms with Crippen molar-refractivity contribution in [2.75, 3.05) is 31.6 Å². The Kier molecular flexibility index (Phi) is 8.45. The van der Waals surface area contributed by atoms with Crippen LogP contribution in [0.15, 0.2) is 30.6 Å². The Bertz CT molecular complexity index is 1500. The zero-order chi connectivity index (χ0) is 30.3. The van der Waals surface area contributed by atoms with E-state index in [1.807, 2.05) is 37.8 Å². The lowest BCUT2D eigenvalue weighted by atomic mass is 10.00. The molecule has 6 rings (SSSR count). The Morgan fingerprint density at radius 3 is 2.51 bits per heavy atom. The van der Waals surface area contributed by atoms with E-state index < -0.39 is 11.4 Å². The fraction of sp³-hybridized carbons (Fsp3) is 0.516. The summed E-state index contributed by atoms with van der Waals surface area (Å²) in [5.74, 6) is 0.855. The predicted octanol–water partition coefficient (Wildman–Crippen LogP) is 7.21. The van der Waals surface area contributed by atoms with Gasteiger partial charge in [0.05, 0.1) is 21.2 Å². The lowest BCUT2D eigenvalue weighted by molar-refractivity contribution is -0.00745. The van der Waals surface area contributed by atoms with E-state index in [4.69, 9.17) is 37.4 Å². The van der Waals surface area contributed by atoms with Crippen molar-refractivity contribution >= 4 is 51.7 Å². The number of likely N-dealkylation sites (tertiary alicyclic amines) is 1. The smallest absolute Gasteiger partial charge is 0.410 e. The summed E-state index contributed by atoms with van der Waals surface area (Å²) in [5.41, 5.74) is 0.202. The summed E-state index contributed by atoms with van der Waals surface area (Å²) in [4.78, 5) is 26.0. The number of amides is 1. The molecule has 4 heterocycles. The maximum atomic E-state index is 14.9. The first-order valence-electron chi connectivity index (χ1n) is 14.8. The van der Waals surface area contributed by atoms with Gasteiger partial charge in [0.2, 0.25) is 0 Å². The Morgan fingerprint density at radius 2 is 1.84 bits per heavy atom. The lowest BCUT2D eigenvalue weighted by Crippen LogP contribution is -2.50. The van der Waals surface area contributed by atoms with Crippen LogP contribution in [-0.2, 0) is 4.74 Å². The highest BCUT2D eigenvalue weighted by atomic mass is 35.5. The fourth-order valence-corrected chi connectivity index (χ4v) is 6.33. The van der Waals surface area contributed by atoms with Gasteiger partial charge in [-0.2, -0.15) is 0 Å². The molecule has 43 heavy (non-hydrogen) atoms. The molecular formula is C31H36Cl2FN5O4. The summed E-state index contributed by atoms with van der Waals surface area (Å²) in [6.45, 7) is 9.14. The first-order chi connectivity index (χ1) is 20.6. The van der Waals surface area contributed by atoms with Crippen molar-refractivity contribution in [2.24, 2.45) is 0 Å². The Balaban J connectivity index is 1.27. The van der Waals surface area contributed by atoms with Crippen molar-refractivity contribution in [3.05, 3.63) is 46.5 Å². The van der Waals surface area contributed by atoms with Crippen molar-refractivity contribution in [3.8, 4) is 11.5 Å². The number of hydrogen-bond donors (Lipinski definition) is 1. The van der Waals surface area contributed by atoms with Crippen LogP contribution in [0.25, 0.3) is 10.9 Å². The molecule has 0 aliphatic carbocycles. The molecule has 12 heteroatoms. The predicted molar refractivity (Wildman–Crippen MR) is 164 cm³/mol. The second-order valence-electron chi connectivity index (χ2n) is 12.4. The molecule has 1 N–H and O–H groups in total. The third kappa shape index (κ3) is 6.56. The van der Waals surface area contributed by atoms with E-state index in [-0.39, 0.29) is 40.0 Å². The average Bonchev–Trinajstić information content (AvgIpc) is 3.20. The molecule has 0 saturated carbocycles. The quantitative estimate of drug-likeness (QED) is 0.261. The van der Waals surface area contributed by atoms with Gasteiger partial charge < -0.3 is 24.4 Å². The SMILES string of the molecule is CC(C)(C)OC(=O)N1[C@@H]2CC[C@H]1C[C@H](Oc1cc3c(Nc4ccc(Cl)c(Cl)c4F)ncnc3cc1OCCN1CCC1)C2. The van der Waals surface area contributed by atoms with Crippen molar-refractivity contribution in [1.29, 1.82) is 0 Å². The second-order valence-corrected chi connectivity index (χ2v) is 13.2. The van der Waals surface area contributed by atoms with Gasteiger partial charge in [-0.3, -0.25) is 4.90 Å². The van der Waals surface area contributed by atoms with Gasteiger partial charge in [-0.05, 0) is 71.3 Å². The molecular weight excluding hydrogens is 596 g/mol. The second kappa shape index (κ2) is 12.1. The number of anilines is 2. The number of aromatic nitrogens is 2. The van der Waals surface area contributed by atoms with Crippen LogP contribution in [0.2, 0.25) is 10.0 Å². The number of carbonyl (C=O) groups is 1. The van der Waals surface area contributed by atoms with Gasteiger partial charge in [0.15, 0.2) is 17.3 Å². The van der Waals surface area contributed by atoms with E-state index in [1.54, 1.807) is 0 Å². The number of carbonyl (C=O) groups excluding carboxylic acids is 1. The topological polar surface area (TPSA) is 89.0 Å². The molecule has 1 aromatic heterocycles. The van der Waals surface area contributed by atoms with Gasteiger partial charge in [-0.1, -0.05) is 23.2 Å². The summed E-state index contributed by atoms with van der Waals surface area (Å²) >= 11 is 12.0. The van der Waals surface area contributed by atoms with Crippen LogP contribution in [0.4, 0.5) is 20.7 Å². The van der Waals surface area contributed by atoms with Crippen LogP contribution in [0, 0.1) is 5.82 Å². The van der Waals surface area contributed by atoms with E-state index in [2.05, 4.69) is 20.2 Å². The molecule has 3 aliphatic rings. The van der Waals surface area contributed by atoms with Crippen molar-refractivity contribution in [2.45, 2.75) is 76.7 Å². The van der Waals surface area contributed by atoms with Crippen molar-refractivity contribution in [1.82, 2.24) is 19.8 Å². The summed E-state index contributed by atoms with van der Waals surface area (Å²) < 4.78 is 33.5. The van der Waals surface area contributed by atoms with E-state index >= 15 is 0 Å². The minimum absolute atomic E-state index is 0.0491. The number of nitrogens with one attached hydrogen (secondary N) is 1. The zero-order valence-electron chi connectivity index (χ0n) is 24.5. The van der Waals surface area contributed by atoms with Crippen LogP contribution < -0.4 is 14.8 Å². The molecule has 2 aromatic carbocycles. The molecule has 3 atom stereocenters. The van der Waals surface area contributed by atoms with Crippen LogP contribution in [0.3, 0.4) is 0 Å². The van der Waals surface area contributed by atoms with Crippen LogP contribution in [-0.4, -0.2) is 75.9 Å². The van der Waals surface area contributed by atoms with Crippen LogP contribution in [0.5, 0.6) is 11.5 Å². The molecule has 2 bridgehead atoms. The highest BCUT2D eigenvalue weighted by Gasteiger charge is 2.45. The minimum atomic E-state index is -0.671. The molecule has 3 aromatic rings. The number of halogens is 3. The van der Waals surface area contributed by atoms with Gasteiger partial charge >= 0.3 is 6.09 Å². The van der Waals surface area contributed by atoms with Crippen LogP contribution in [0.1, 0.15) is 52.9 Å². The lowest BCUT2D eigenvalue weighted by Gasteiger charge is -2.39. The van der Waals surface area contributed by atoms with E-state index in [0.717, 1.165) is 32.5 Å². The highest BCUT2D eigenvalue weighted by molar-refractivity contribution is 6.42. The Morgan fingerprint density at radius 1 is 1.09 bits per heavy atom. The van der Waals surface area contributed by atoms with E-state index in [9.17, 15) is 9.18 Å². The number of piperidine rings is 1.